The van der Waals surface area contributed by atoms with Gasteiger partial charge in [0.05, 0.1) is 0 Å². The molecule has 0 aromatic heterocycles. The van der Waals surface area contributed by atoms with E-state index in [9.17, 15) is 4.39 Å². The van der Waals surface area contributed by atoms with Crippen molar-refractivity contribution in [1.82, 2.24) is 12.3 Å². The molecular formula is C6H12BFN2O3. The van der Waals surface area contributed by atoms with Crippen LogP contribution < -0.4 is 17.0 Å². The van der Waals surface area contributed by atoms with E-state index in [0.29, 0.717) is 0 Å². The molecule has 1 rings (SSSR count). The number of halogens is 1. The molecule has 0 atom stereocenters. The van der Waals surface area contributed by atoms with E-state index in [2.05, 4.69) is 4.65 Å². The molecule has 0 saturated carbocycles. The molecular weight excluding hydrogens is 178 g/mol. The van der Waals surface area contributed by atoms with Gasteiger partial charge in [-0.05, 0) is 12.1 Å². The first-order valence-corrected chi connectivity index (χ1v) is 2.97. The van der Waals surface area contributed by atoms with Crippen LogP contribution in [-0.4, -0.2) is 17.4 Å². The third-order valence-corrected chi connectivity index (χ3v) is 1.07. The van der Waals surface area contributed by atoms with Crippen LogP contribution in [0.25, 0.3) is 0 Å². The lowest BCUT2D eigenvalue weighted by Crippen LogP contribution is -2.21. The lowest BCUT2D eigenvalue weighted by Gasteiger charge is -2.03. The van der Waals surface area contributed by atoms with Gasteiger partial charge in [-0.25, -0.2) is 4.39 Å². The predicted molar refractivity (Wildman–Crippen MR) is 47.3 cm³/mol. The Morgan fingerprint density at radius 2 is 1.69 bits per heavy atom. The quantitative estimate of drug-likeness (QED) is 0.506. The minimum Gasteiger partial charge on any atom is -0.510 e. The van der Waals surface area contributed by atoms with Crippen LogP contribution in [0.3, 0.4) is 0 Å². The van der Waals surface area contributed by atoms with Gasteiger partial charge in [0.15, 0.2) is 5.82 Å². The SMILES string of the molecule is N.N.OB(O)Oc1ccccc1F. The fourth-order valence-corrected chi connectivity index (χ4v) is 0.654. The Balaban J connectivity index is 0. The normalized spacial score (nSPS) is 7.92. The summed E-state index contributed by atoms with van der Waals surface area (Å²) in [6.07, 6.45) is 0. The number of benzene rings is 1. The van der Waals surface area contributed by atoms with E-state index in [1.165, 1.54) is 18.2 Å². The third kappa shape index (κ3) is 4.43. The Kier molecular flexibility index (Phi) is 7.06. The molecule has 0 radical (unpaired) electrons. The fraction of sp³-hybridized carbons (Fsp3) is 0. The highest BCUT2D eigenvalue weighted by atomic mass is 19.1. The molecule has 5 nitrogen and oxygen atoms in total. The molecule has 1 aromatic rings. The molecule has 0 amide bonds. The average Bonchev–Trinajstić information content (AvgIpc) is 1.93. The Bertz CT molecular complexity index is 249. The summed E-state index contributed by atoms with van der Waals surface area (Å²) >= 11 is 0. The number of hydrogen-bond acceptors (Lipinski definition) is 5. The van der Waals surface area contributed by atoms with E-state index in [0.717, 1.165) is 6.07 Å². The van der Waals surface area contributed by atoms with Crippen molar-refractivity contribution in [2.75, 3.05) is 0 Å². The van der Waals surface area contributed by atoms with Gasteiger partial charge in [-0.1, -0.05) is 12.1 Å². The summed E-state index contributed by atoms with van der Waals surface area (Å²) in [4.78, 5) is 0. The number of rotatable bonds is 2. The van der Waals surface area contributed by atoms with Gasteiger partial charge in [0.1, 0.15) is 5.75 Å². The molecule has 74 valence electrons. The van der Waals surface area contributed by atoms with Crippen molar-refractivity contribution in [1.29, 1.82) is 0 Å². The van der Waals surface area contributed by atoms with Crippen molar-refractivity contribution < 1.29 is 19.1 Å². The minimum absolute atomic E-state index is 0. The highest BCUT2D eigenvalue weighted by Gasteiger charge is 2.13. The van der Waals surface area contributed by atoms with Crippen molar-refractivity contribution >= 4 is 7.32 Å². The average molecular weight is 190 g/mol. The summed E-state index contributed by atoms with van der Waals surface area (Å²) < 4.78 is 16.9. The summed E-state index contributed by atoms with van der Waals surface area (Å²) in [5.74, 6) is -0.803. The van der Waals surface area contributed by atoms with Crippen LogP contribution in [0.5, 0.6) is 5.75 Å². The third-order valence-electron chi connectivity index (χ3n) is 1.07. The lowest BCUT2D eigenvalue weighted by molar-refractivity contribution is 0.282. The van der Waals surface area contributed by atoms with Crippen molar-refractivity contribution in [3.8, 4) is 5.75 Å². The van der Waals surface area contributed by atoms with Gasteiger partial charge in [-0.2, -0.15) is 0 Å². The second-order valence-electron chi connectivity index (χ2n) is 1.87. The maximum atomic E-state index is 12.6. The maximum Gasteiger partial charge on any atom is 0.707 e. The molecule has 0 unspecified atom stereocenters. The molecule has 0 aliphatic carbocycles. The largest absolute Gasteiger partial charge is 0.707 e. The van der Waals surface area contributed by atoms with Gasteiger partial charge in [0.2, 0.25) is 0 Å². The summed E-state index contributed by atoms with van der Waals surface area (Å²) in [6, 6.07) is 5.47. The van der Waals surface area contributed by atoms with E-state index in [-0.39, 0.29) is 18.1 Å². The molecule has 8 N–H and O–H groups in total. The van der Waals surface area contributed by atoms with E-state index in [1.807, 2.05) is 0 Å². The fourth-order valence-electron chi connectivity index (χ4n) is 0.654. The van der Waals surface area contributed by atoms with Crippen molar-refractivity contribution in [3.05, 3.63) is 30.1 Å². The Morgan fingerprint density at radius 1 is 1.15 bits per heavy atom. The molecule has 0 aliphatic heterocycles. The van der Waals surface area contributed by atoms with Crippen LogP contribution in [-0.2, 0) is 0 Å². The summed E-state index contributed by atoms with van der Waals surface area (Å²) in [5, 5.41) is 16.6. The molecule has 0 bridgehead atoms. The zero-order chi connectivity index (χ0) is 8.27. The predicted octanol–water partition coefficient (Wildman–Crippen LogP) is 0.498. The standard InChI is InChI=1S/C6H6BFO3.2H3N/c8-5-3-1-2-4-6(5)11-7(9)10;;/h1-4,9-10H;2*1H3. The molecule has 0 fully saturated rings. The molecule has 0 spiro atoms. The van der Waals surface area contributed by atoms with Gasteiger partial charge < -0.3 is 27.0 Å². The van der Waals surface area contributed by atoms with E-state index in [4.69, 9.17) is 10.0 Å². The molecule has 0 heterocycles. The van der Waals surface area contributed by atoms with Crippen molar-refractivity contribution in [2.45, 2.75) is 0 Å². The maximum absolute atomic E-state index is 12.6. The monoisotopic (exact) mass is 190 g/mol. The summed E-state index contributed by atoms with van der Waals surface area (Å²) in [6.45, 7) is 0. The van der Waals surface area contributed by atoms with Crippen LogP contribution >= 0.6 is 0 Å². The topological polar surface area (TPSA) is 120 Å². The van der Waals surface area contributed by atoms with Gasteiger partial charge in [0, 0.05) is 0 Å². The molecule has 0 saturated heterocycles. The van der Waals surface area contributed by atoms with Gasteiger partial charge in [-0.15, -0.1) is 0 Å². The smallest absolute Gasteiger partial charge is 0.510 e. The van der Waals surface area contributed by atoms with Crippen LogP contribution in [0, 0.1) is 5.82 Å². The summed E-state index contributed by atoms with van der Waals surface area (Å²) in [7, 11) is -1.98. The van der Waals surface area contributed by atoms with Crippen LogP contribution in [0.2, 0.25) is 0 Å². The second-order valence-corrected chi connectivity index (χ2v) is 1.87. The van der Waals surface area contributed by atoms with Gasteiger partial charge >= 0.3 is 7.32 Å². The highest BCUT2D eigenvalue weighted by Crippen LogP contribution is 2.14. The second kappa shape index (κ2) is 6.38. The van der Waals surface area contributed by atoms with Gasteiger partial charge in [0.25, 0.3) is 0 Å². The Labute approximate surface area is 75.5 Å². The first-order chi connectivity index (χ1) is 5.20. The van der Waals surface area contributed by atoms with Gasteiger partial charge in [-0.3, -0.25) is 0 Å². The molecule has 13 heavy (non-hydrogen) atoms. The number of hydrogen-bond donors (Lipinski definition) is 4. The first-order valence-electron chi connectivity index (χ1n) is 2.97. The molecule has 1 aromatic carbocycles. The van der Waals surface area contributed by atoms with Crippen molar-refractivity contribution in [2.24, 2.45) is 0 Å². The minimum atomic E-state index is -1.98. The van der Waals surface area contributed by atoms with E-state index < -0.39 is 13.1 Å². The van der Waals surface area contributed by atoms with Crippen LogP contribution in [0.15, 0.2) is 24.3 Å². The first kappa shape index (κ1) is 14.4. The Morgan fingerprint density at radius 3 is 2.15 bits per heavy atom. The van der Waals surface area contributed by atoms with Crippen molar-refractivity contribution in [3.63, 3.8) is 0 Å². The Hall–Kier alpha value is -1.15. The zero-order valence-electron chi connectivity index (χ0n) is 6.98. The lowest BCUT2D eigenvalue weighted by atomic mass is 10.2. The summed E-state index contributed by atoms with van der Waals surface area (Å²) in [5.41, 5.74) is 0. The number of para-hydroxylation sites is 1. The highest BCUT2D eigenvalue weighted by molar-refractivity contribution is 6.33. The van der Waals surface area contributed by atoms with E-state index in [1.54, 1.807) is 0 Å². The van der Waals surface area contributed by atoms with Crippen LogP contribution in [0.4, 0.5) is 4.39 Å². The van der Waals surface area contributed by atoms with E-state index >= 15 is 0 Å². The molecule has 0 aliphatic rings. The zero-order valence-corrected chi connectivity index (χ0v) is 6.98. The van der Waals surface area contributed by atoms with Crippen LogP contribution in [0.1, 0.15) is 0 Å². The molecule has 7 heteroatoms.